The zero-order chi connectivity index (χ0) is 21.0. The summed E-state index contributed by atoms with van der Waals surface area (Å²) in [5.41, 5.74) is 1.88. The van der Waals surface area contributed by atoms with Gasteiger partial charge in [-0.3, -0.25) is 19.3 Å². The number of nitrogens with zero attached hydrogens (tertiary/aromatic N) is 1. The van der Waals surface area contributed by atoms with Crippen molar-refractivity contribution in [1.82, 2.24) is 5.32 Å². The van der Waals surface area contributed by atoms with E-state index in [0.29, 0.717) is 27.9 Å². The maximum absolute atomic E-state index is 12.3. The highest BCUT2D eigenvalue weighted by molar-refractivity contribution is 6.31. The maximum atomic E-state index is 12.3. The summed E-state index contributed by atoms with van der Waals surface area (Å²) in [6.07, 6.45) is 0. The van der Waals surface area contributed by atoms with E-state index in [1.165, 1.54) is 12.0 Å². The molecule has 152 valence electrons. The monoisotopic (exact) mass is 417 g/mol. The van der Waals surface area contributed by atoms with Crippen molar-refractivity contribution in [2.75, 3.05) is 37.0 Å². The van der Waals surface area contributed by atoms with Crippen LogP contribution in [-0.4, -0.2) is 44.5 Å². The van der Waals surface area contributed by atoms with Crippen LogP contribution >= 0.6 is 11.6 Å². The third kappa shape index (κ3) is 4.97. The van der Waals surface area contributed by atoms with Crippen molar-refractivity contribution in [3.8, 4) is 11.5 Å². The zero-order valence-corrected chi connectivity index (χ0v) is 16.7. The number of hydrogen-bond acceptors (Lipinski definition) is 5. The number of aryl methyl sites for hydroxylation is 1. The van der Waals surface area contributed by atoms with Crippen molar-refractivity contribution < 1.29 is 23.9 Å². The van der Waals surface area contributed by atoms with E-state index in [9.17, 15) is 14.4 Å². The number of carbonyl (C=O) groups is 3. The quantitative estimate of drug-likeness (QED) is 0.750. The predicted octanol–water partition coefficient (Wildman–Crippen LogP) is 2.14. The van der Waals surface area contributed by atoms with Gasteiger partial charge in [-0.05, 0) is 42.8 Å². The minimum Gasteiger partial charge on any atom is -0.495 e. The number of rotatable bonds is 6. The Morgan fingerprint density at radius 1 is 1.21 bits per heavy atom. The number of benzene rings is 2. The molecule has 0 fully saturated rings. The Bertz CT molecular complexity index is 963. The fourth-order valence-corrected chi connectivity index (χ4v) is 3.01. The molecule has 0 unspecified atom stereocenters. The molecule has 2 aromatic rings. The topological polar surface area (TPSA) is 97.0 Å². The van der Waals surface area contributed by atoms with E-state index in [1.807, 2.05) is 13.0 Å². The summed E-state index contributed by atoms with van der Waals surface area (Å²) in [4.78, 5) is 37.9. The Morgan fingerprint density at radius 2 is 2.00 bits per heavy atom. The molecule has 0 saturated carbocycles. The van der Waals surface area contributed by atoms with Gasteiger partial charge in [-0.1, -0.05) is 17.7 Å². The molecule has 1 heterocycles. The van der Waals surface area contributed by atoms with Crippen molar-refractivity contribution in [3.05, 3.63) is 47.0 Å². The lowest BCUT2D eigenvalue weighted by Crippen LogP contribution is -2.46. The van der Waals surface area contributed by atoms with Gasteiger partial charge >= 0.3 is 0 Å². The second-order valence-electron chi connectivity index (χ2n) is 6.41. The van der Waals surface area contributed by atoms with Gasteiger partial charge in [0.15, 0.2) is 6.61 Å². The van der Waals surface area contributed by atoms with Crippen molar-refractivity contribution in [3.63, 3.8) is 0 Å². The van der Waals surface area contributed by atoms with Gasteiger partial charge in [-0.15, -0.1) is 0 Å². The van der Waals surface area contributed by atoms with Gasteiger partial charge in [-0.2, -0.15) is 0 Å². The number of methoxy groups -OCH3 is 1. The van der Waals surface area contributed by atoms with Crippen molar-refractivity contribution in [2.45, 2.75) is 6.92 Å². The summed E-state index contributed by atoms with van der Waals surface area (Å²) >= 11 is 5.98. The molecule has 0 saturated heterocycles. The Kier molecular flexibility index (Phi) is 6.23. The second-order valence-corrected chi connectivity index (χ2v) is 6.85. The SMILES string of the molecule is COc1ccc(C)cc1NC(=O)CNC(=O)CN1C(=O)COc2ccc(Cl)cc21. The molecule has 1 aliphatic heterocycles. The molecular formula is C20H20ClN3O5. The molecule has 0 spiro atoms. The highest BCUT2D eigenvalue weighted by Gasteiger charge is 2.27. The van der Waals surface area contributed by atoms with Gasteiger partial charge < -0.3 is 20.1 Å². The van der Waals surface area contributed by atoms with E-state index in [2.05, 4.69) is 10.6 Å². The summed E-state index contributed by atoms with van der Waals surface area (Å²) < 4.78 is 10.6. The predicted molar refractivity (Wildman–Crippen MR) is 109 cm³/mol. The van der Waals surface area contributed by atoms with Crippen LogP contribution in [0.25, 0.3) is 0 Å². The summed E-state index contributed by atoms with van der Waals surface area (Å²) in [5, 5.41) is 5.62. The van der Waals surface area contributed by atoms with Crippen LogP contribution in [0.2, 0.25) is 5.02 Å². The molecular weight excluding hydrogens is 398 g/mol. The van der Waals surface area contributed by atoms with Gasteiger partial charge in [0.25, 0.3) is 5.91 Å². The van der Waals surface area contributed by atoms with Crippen LogP contribution in [0.1, 0.15) is 5.56 Å². The van der Waals surface area contributed by atoms with E-state index in [4.69, 9.17) is 21.1 Å². The van der Waals surface area contributed by atoms with Crippen LogP contribution in [-0.2, 0) is 14.4 Å². The molecule has 2 aromatic carbocycles. The fraction of sp³-hybridized carbons (Fsp3) is 0.250. The molecule has 0 radical (unpaired) electrons. The van der Waals surface area contributed by atoms with E-state index in [-0.39, 0.29) is 25.6 Å². The van der Waals surface area contributed by atoms with Crippen LogP contribution in [0.15, 0.2) is 36.4 Å². The largest absolute Gasteiger partial charge is 0.495 e. The van der Waals surface area contributed by atoms with Crippen LogP contribution in [0.5, 0.6) is 11.5 Å². The third-order valence-corrected chi connectivity index (χ3v) is 4.48. The number of anilines is 2. The standard InChI is InChI=1S/C20H20ClN3O5/c1-12-3-5-16(28-2)14(7-12)23-18(25)9-22-19(26)10-24-15-8-13(21)4-6-17(15)29-11-20(24)27/h3-8H,9-11H2,1-2H3,(H,22,26)(H,23,25). The third-order valence-electron chi connectivity index (χ3n) is 4.24. The fourth-order valence-electron chi connectivity index (χ4n) is 2.84. The molecule has 3 rings (SSSR count). The molecule has 29 heavy (non-hydrogen) atoms. The zero-order valence-electron chi connectivity index (χ0n) is 16.0. The highest BCUT2D eigenvalue weighted by atomic mass is 35.5. The Balaban J connectivity index is 1.59. The maximum Gasteiger partial charge on any atom is 0.265 e. The molecule has 0 bridgehead atoms. The lowest BCUT2D eigenvalue weighted by atomic mass is 10.2. The molecule has 0 aromatic heterocycles. The number of amides is 3. The van der Waals surface area contributed by atoms with Crippen LogP contribution in [0.3, 0.4) is 0 Å². The summed E-state index contributed by atoms with van der Waals surface area (Å²) in [6.45, 7) is 1.21. The molecule has 2 N–H and O–H groups in total. The molecule has 0 atom stereocenters. The summed E-state index contributed by atoms with van der Waals surface area (Å²) in [7, 11) is 1.51. The average molecular weight is 418 g/mol. The van der Waals surface area contributed by atoms with E-state index < -0.39 is 11.8 Å². The normalized spacial score (nSPS) is 12.7. The van der Waals surface area contributed by atoms with Crippen molar-refractivity contribution in [2.24, 2.45) is 0 Å². The van der Waals surface area contributed by atoms with E-state index in [1.54, 1.807) is 30.3 Å². The smallest absolute Gasteiger partial charge is 0.265 e. The summed E-state index contributed by atoms with van der Waals surface area (Å²) in [6, 6.07) is 10.2. The first-order valence-corrected chi connectivity index (χ1v) is 9.19. The second kappa shape index (κ2) is 8.83. The van der Waals surface area contributed by atoms with Gasteiger partial charge in [-0.25, -0.2) is 0 Å². The van der Waals surface area contributed by atoms with Gasteiger partial charge in [0.1, 0.15) is 18.0 Å². The average Bonchev–Trinajstić information content (AvgIpc) is 2.69. The van der Waals surface area contributed by atoms with Crippen molar-refractivity contribution >= 4 is 40.7 Å². The number of hydrogen-bond donors (Lipinski definition) is 2. The molecule has 3 amide bonds. The molecule has 9 heteroatoms. The van der Waals surface area contributed by atoms with E-state index in [0.717, 1.165) is 5.56 Å². The van der Waals surface area contributed by atoms with E-state index >= 15 is 0 Å². The first-order chi connectivity index (χ1) is 13.9. The minimum absolute atomic E-state index is 0.171. The van der Waals surface area contributed by atoms with Crippen LogP contribution in [0, 0.1) is 6.92 Å². The number of ether oxygens (including phenoxy) is 2. The first-order valence-electron chi connectivity index (χ1n) is 8.81. The Hall–Kier alpha value is -3.26. The van der Waals surface area contributed by atoms with Crippen LogP contribution in [0.4, 0.5) is 11.4 Å². The Morgan fingerprint density at radius 3 is 2.76 bits per heavy atom. The number of nitrogens with one attached hydrogen (secondary N) is 2. The molecule has 1 aliphatic rings. The minimum atomic E-state index is -0.488. The number of fused-ring (bicyclic) bond motifs is 1. The van der Waals surface area contributed by atoms with Gasteiger partial charge in [0, 0.05) is 5.02 Å². The molecule has 8 nitrogen and oxygen atoms in total. The van der Waals surface area contributed by atoms with Crippen LogP contribution < -0.4 is 25.0 Å². The lowest BCUT2D eigenvalue weighted by Gasteiger charge is -2.28. The highest BCUT2D eigenvalue weighted by Crippen LogP contribution is 2.34. The first kappa shape index (κ1) is 20.5. The van der Waals surface area contributed by atoms with Crippen molar-refractivity contribution in [1.29, 1.82) is 0 Å². The van der Waals surface area contributed by atoms with Gasteiger partial charge in [0.05, 0.1) is 25.0 Å². The Labute approximate surface area is 172 Å². The molecule has 0 aliphatic carbocycles. The van der Waals surface area contributed by atoms with Gasteiger partial charge in [0.2, 0.25) is 11.8 Å². The summed E-state index contributed by atoms with van der Waals surface area (Å²) in [5.74, 6) is -0.297. The number of halogens is 1. The number of carbonyl (C=O) groups excluding carboxylic acids is 3. The lowest BCUT2D eigenvalue weighted by molar-refractivity contribution is -0.126.